The first-order chi connectivity index (χ1) is 26.9. The van der Waals surface area contributed by atoms with Crippen LogP contribution in [0.25, 0.3) is 0 Å². The summed E-state index contributed by atoms with van der Waals surface area (Å²) in [5.41, 5.74) is 4.18. The summed E-state index contributed by atoms with van der Waals surface area (Å²) in [5.74, 6) is -3.93. The van der Waals surface area contributed by atoms with E-state index in [2.05, 4.69) is 15.5 Å². The van der Waals surface area contributed by atoms with Gasteiger partial charge in [-0.05, 0) is 129 Å². The van der Waals surface area contributed by atoms with Gasteiger partial charge in [0.15, 0.2) is 0 Å². The molecule has 0 aromatic heterocycles. The maximum absolute atomic E-state index is 13.9. The van der Waals surface area contributed by atoms with E-state index in [9.17, 15) is 37.8 Å². The fourth-order valence-electron chi connectivity index (χ4n) is 7.58. The number of aryl methyl sites for hydroxylation is 2. The number of carbonyl (C=O) groups is 4. The van der Waals surface area contributed by atoms with Crippen LogP contribution in [0.4, 0.5) is 17.1 Å². The number of nitrogens with one attached hydrogen (secondary N) is 2. The fourth-order valence-corrected chi connectivity index (χ4v) is 9.32. The summed E-state index contributed by atoms with van der Waals surface area (Å²) in [6.45, 7) is 3.62. The molecule has 0 atom stereocenters. The third kappa shape index (κ3) is 13.0. The van der Waals surface area contributed by atoms with Crippen LogP contribution in [0.15, 0.2) is 95.9 Å². The zero-order valence-corrected chi connectivity index (χ0v) is 39.8. The van der Waals surface area contributed by atoms with Crippen molar-refractivity contribution in [3.8, 4) is 0 Å². The normalized spacial score (nSPS) is 16.4. The number of carboxylic acid groups (broad SMARTS) is 2. The van der Waals surface area contributed by atoms with Crippen LogP contribution >= 0.6 is 0 Å². The number of aliphatic carboxylic acids is 1. The maximum Gasteiger partial charge on any atom is 1.00 e. The van der Waals surface area contributed by atoms with Crippen molar-refractivity contribution in [2.24, 2.45) is 5.92 Å². The third-order valence-corrected chi connectivity index (χ3v) is 12.8. The van der Waals surface area contributed by atoms with E-state index in [0.717, 1.165) is 49.2 Å². The van der Waals surface area contributed by atoms with E-state index in [1.54, 1.807) is 43.3 Å². The molecule has 4 aromatic carbocycles. The van der Waals surface area contributed by atoms with Crippen molar-refractivity contribution in [2.45, 2.75) is 75.6 Å². The van der Waals surface area contributed by atoms with Crippen molar-refractivity contribution < 1.29 is 124 Å². The monoisotopic (exact) mass is 858 g/mol. The zero-order chi connectivity index (χ0) is 39.8. The molecule has 302 valence electrons. The summed E-state index contributed by atoms with van der Waals surface area (Å²) in [7, 11) is -4.02. The molecule has 16 heteroatoms. The minimum atomic E-state index is -4.02. The molecule has 1 aliphatic heterocycles. The summed E-state index contributed by atoms with van der Waals surface area (Å²) >= 11 is 0. The first kappa shape index (κ1) is 50.4. The number of hydrogen-bond acceptors (Lipinski definition) is 9. The standard InChI is InChI=1S/C43H48N4O8S.K.Na.H2O/c1-2-47(35-21-17-32(18-22-35)43(52)53)56(54,55)37-8-6-7-33(27-37)40(48)45-39-24-23-36(46-25-4-3-5-26-46)28-38(39)41(49)44-34-19-13-30(14-20-34)10-9-29-11-15-31(16-12-29)42(50)51;;;/h6-8,11-16,19-20,23-24,27-28,32,35H,2-5,9-10,17-18,21-22,25-26H2,1H3,(H,44,49)(H,45,48)(H,50,51)(H,52,53);;;1H2/q;2*+1;/p-2. The number of carbonyl (C=O) groups excluding carboxylic acids is 4. The number of anilines is 3. The molecule has 2 aliphatic rings. The number of carboxylic acids is 2. The summed E-state index contributed by atoms with van der Waals surface area (Å²) in [6.07, 6.45) is 6.09. The molecule has 1 saturated carbocycles. The van der Waals surface area contributed by atoms with E-state index >= 15 is 0 Å². The van der Waals surface area contributed by atoms with Gasteiger partial charge in [0.1, 0.15) is 0 Å². The average molecular weight is 859 g/mol. The van der Waals surface area contributed by atoms with Crippen LogP contribution in [0.3, 0.4) is 0 Å². The van der Waals surface area contributed by atoms with E-state index in [1.165, 1.54) is 40.7 Å². The summed E-state index contributed by atoms with van der Waals surface area (Å²) < 4.78 is 29.1. The molecule has 0 radical (unpaired) electrons. The Labute approximate surface area is 410 Å². The van der Waals surface area contributed by atoms with Crippen LogP contribution in [0.1, 0.15) is 94.1 Å². The van der Waals surface area contributed by atoms with Gasteiger partial charge in [0.2, 0.25) is 10.0 Å². The minimum Gasteiger partial charge on any atom is -0.550 e. The van der Waals surface area contributed by atoms with Crippen molar-refractivity contribution >= 4 is 50.8 Å². The molecule has 4 N–H and O–H groups in total. The van der Waals surface area contributed by atoms with Crippen LogP contribution in [-0.2, 0) is 27.7 Å². The van der Waals surface area contributed by atoms with Gasteiger partial charge in [0, 0.05) is 48.6 Å². The van der Waals surface area contributed by atoms with E-state index in [4.69, 9.17) is 0 Å². The molecule has 1 aliphatic carbocycles. The maximum atomic E-state index is 13.9. The number of nitrogens with zero attached hydrogens (tertiary/aromatic N) is 2. The van der Waals surface area contributed by atoms with Crippen LogP contribution in [-0.4, -0.2) is 67.6 Å². The van der Waals surface area contributed by atoms with E-state index in [-0.39, 0.29) is 126 Å². The largest absolute Gasteiger partial charge is 1.00 e. The SMILES string of the molecule is CCN(C1CCC(C(=O)[O-])CC1)S(=O)(=O)c1cccc(C(=O)Nc2ccc(N3CCCCC3)cc2C(=O)Nc2ccc(CCc3ccc(C(=O)[O-])cc3)cc2)c1.O.[K+].[Na+]. The first-order valence-corrected chi connectivity index (χ1v) is 20.6. The Morgan fingerprint density at radius 3 is 1.93 bits per heavy atom. The van der Waals surface area contributed by atoms with Gasteiger partial charge in [-0.1, -0.05) is 49.4 Å². The molecular formula is C43H48KN4NaO9S. The molecule has 0 bridgehead atoms. The Morgan fingerprint density at radius 2 is 1.36 bits per heavy atom. The van der Waals surface area contributed by atoms with Crippen LogP contribution in [0.5, 0.6) is 0 Å². The molecule has 0 unspecified atom stereocenters. The van der Waals surface area contributed by atoms with Crippen LogP contribution in [0.2, 0.25) is 0 Å². The van der Waals surface area contributed by atoms with Gasteiger partial charge < -0.3 is 40.8 Å². The second-order valence-corrected chi connectivity index (χ2v) is 16.3. The summed E-state index contributed by atoms with van der Waals surface area (Å²) in [4.78, 5) is 52.2. The smallest absolute Gasteiger partial charge is 0.550 e. The fraction of sp³-hybridized carbons (Fsp3) is 0.349. The van der Waals surface area contributed by atoms with Crippen LogP contribution < -0.4 is 107 Å². The van der Waals surface area contributed by atoms with E-state index < -0.39 is 39.7 Å². The topological polar surface area (TPSA) is 211 Å². The van der Waals surface area contributed by atoms with Gasteiger partial charge in [0.05, 0.1) is 22.1 Å². The Morgan fingerprint density at radius 1 is 0.746 bits per heavy atom. The molecule has 6 rings (SSSR count). The molecule has 13 nitrogen and oxygen atoms in total. The van der Waals surface area contributed by atoms with Crippen molar-refractivity contribution in [2.75, 3.05) is 35.2 Å². The average Bonchev–Trinajstić information content (AvgIpc) is 3.21. The van der Waals surface area contributed by atoms with Gasteiger partial charge in [-0.3, -0.25) is 9.59 Å². The Bertz CT molecular complexity index is 2180. The number of piperidine rings is 1. The number of aromatic carboxylic acids is 1. The number of sulfonamides is 1. The Kier molecular flexibility index (Phi) is 19.9. The van der Waals surface area contributed by atoms with E-state index in [1.807, 2.05) is 18.2 Å². The zero-order valence-electron chi connectivity index (χ0n) is 33.9. The van der Waals surface area contributed by atoms with Crippen molar-refractivity contribution in [1.29, 1.82) is 0 Å². The molecule has 4 aromatic rings. The Hall–Kier alpha value is -2.93. The molecule has 1 saturated heterocycles. The van der Waals surface area contributed by atoms with Gasteiger partial charge in [-0.2, -0.15) is 4.31 Å². The number of amides is 2. The van der Waals surface area contributed by atoms with Gasteiger partial charge in [0.25, 0.3) is 11.8 Å². The molecule has 0 spiro atoms. The predicted molar refractivity (Wildman–Crippen MR) is 213 cm³/mol. The molecular weight excluding hydrogens is 811 g/mol. The van der Waals surface area contributed by atoms with Crippen molar-refractivity contribution in [1.82, 2.24) is 4.31 Å². The predicted octanol–water partition coefficient (Wildman–Crippen LogP) is -2.17. The van der Waals surface area contributed by atoms with Crippen LogP contribution in [0, 0.1) is 5.92 Å². The quantitative estimate of drug-likeness (QED) is 0.132. The number of benzene rings is 4. The second-order valence-electron chi connectivity index (χ2n) is 14.4. The summed E-state index contributed by atoms with van der Waals surface area (Å²) in [6, 6.07) is 24.8. The first-order valence-electron chi connectivity index (χ1n) is 19.2. The molecule has 2 amide bonds. The Balaban J connectivity index is 0.00000310. The molecule has 1 heterocycles. The molecule has 2 fully saturated rings. The van der Waals surface area contributed by atoms with Crippen molar-refractivity contribution in [3.63, 3.8) is 0 Å². The number of hydrogen-bond donors (Lipinski definition) is 2. The second kappa shape index (κ2) is 23.3. The van der Waals surface area contributed by atoms with Crippen molar-refractivity contribution in [3.05, 3.63) is 119 Å². The molecule has 59 heavy (non-hydrogen) atoms. The van der Waals surface area contributed by atoms with E-state index in [0.29, 0.717) is 44.2 Å². The van der Waals surface area contributed by atoms with Gasteiger partial charge in [-0.15, -0.1) is 0 Å². The number of rotatable bonds is 14. The van der Waals surface area contributed by atoms with Gasteiger partial charge >= 0.3 is 80.9 Å². The third-order valence-electron chi connectivity index (χ3n) is 10.8. The minimum absolute atomic E-state index is 0. The summed E-state index contributed by atoms with van der Waals surface area (Å²) in [5, 5.41) is 28.2. The van der Waals surface area contributed by atoms with Gasteiger partial charge in [-0.25, -0.2) is 8.42 Å².